The maximum Gasteiger partial charge on any atom is 0.254 e. The number of rotatable bonds is 4. The number of nitrogen functional groups attached to an aromatic ring is 1. The van der Waals surface area contributed by atoms with Gasteiger partial charge in [-0.2, -0.15) is 5.10 Å². The van der Waals surface area contributed by atoms with Crippen molar-refractivity contribution in [1.29, 1.82) is 0 Å². The lowest BCUT2D eigenvalue weighted by Gasteiger charge is -2.40. The van der Waals surface area contributed by atoms with Crippen LogP contribution in [0, 0.1) is 11.6 Å². The minimum absolute atomic E-state index is 0.00369. The molecule has 10 heteroatoms. The summed E-state index contributed by atoms with van der Waals surface area (Å²) in [5, 5.41) is 14.4. The third-order valence-electron chi connectivity index (χ3n) is 5.90. The Balaban J connectivity index is 1.68. The number of hydrogen-bond acceptors (Lipinski definition) is 6. The molecule has 1 saturated carbocycles. The van der Waals surface area contributed by atoms with Crippen LogP contribution in [-0.2, 0) is 0 Å². The fraction of sp³-hybridized carbons (Fsp3) is 0.174. The number of nitrogens with two attached hydrogens (primary N) is 3. The first kappa shape index (κ1) is 21.0. The summed E-state index contributed by atoms with van der Waals surface area (Å²) in [5.74, 6) is -2.31. The van der Waals surface area contributed by atoms with Crippen molar-refractivity contribution in [1.82, 2.24) is 14.8 Å². The standard InChI is InChI=1S/C23H20F2N6O2/c24-15-8-12-6-7-14(17(25)19(12)29-18(15)11-4-2-1-3-5-11)20-16(22(27)32)21(26)31(30-20)13-9-23(28,33)10-13/h1-8,13,33H,9-10,26,28H2,(H2,27,32). The summed E-state index contributed by atoms with van der Waals surface area (Å²) in [5.41, 5.74) is 16.1. The maximum absolute atomic E-state index is 15.7. The second-order valence-corrected chi connectivity index (χ2v) is 8.27. The first-order valence-corrected chi connectivity index (χ1v) is 10.2. The van der Waals surface area contributed by atoms with Crippen molar-refractivity contribution in [2.75, 3.05) is 5.73 Å². The van der Waals surface area contributed by atoms with Crippen LogP contribution in [-0.4, -0.2) is 31.5 Å². The van der Waals surface area contributed by atoms with Crippen molar-refractivity contribution in [3.63, 3.8) is 0 Å². The average molecular weight is 450 g/mol. The number of amides is 1. The Hall–Kier alpha value is -3.89. The van der Waals surface area contributed by atoms with Crippen LogP contribution < -0.4 is 17.2 Å². The van der Waals surface area contributed by atoms with Gasteiger partial charge < -0.3 is 22.3 Å². The lowest BCUT2D eigenvalue weighted by Crippen LogP contribution is -2.52. The van der Waals surface area contributed by atoms with Crippen molar-refractivity contribution in [3.8, 4) is 22.5 Å². The molecule has 1 aliphatic carbocycles. The summed E-state index contributed by atoms with van der Waals surface area (Å²) in [6.07, 6.45) is 0.329. The molecular weight excluding hydrogens is 430 g/mol. The van der Waals surface area contributed by atoms with Crippen molar-refractivity contribution in [3.05, 3.63) is 65.7 Å². The van der Waals surface area contributed by atoms with E-state index in [2.05, 4.69) is 10.1 Å². The molecule has 1 fully saturated rings. The number of aliphatic hydroxyl groups is 1. The van der Waals surface area contributed by atoms with Gasteiger partial charge in [0, 0.05) is 29.4 Å². The summed E-state index contributed by atoms with van der Waals surface area (Å²) in [7, 11) is 0. The lowest BCUT2D eigenvalue weighted by atomic mass is 9.83. The van der Waals surface area contributed by atoms with E-state index >= 15 is 4.39 Å². The van der Waals surface area contributed by atoms with E-state index in [0.717, 1.165) is 0 Å². The number of fused-ring (bicyclic) bond motifs is 1. The van der Waals surface area contributed by atoms with Crippen LogP contribution in [0.3, 0.4) is 0 Å². The first-order chi connectivity index (χ1) is 15.7. The molecule has 5 rings (SSSR count). The topological polar surface area (TPSA) is 146 Å². The summed E-state index contributed by atoms with van der Waals surface area (Å²) < 4.78 is 31.7. The van der Waals surface area contributed by atoms with E-state index in [9.17, 15) is 14.3 Å². The second kappa shape index (κ2) is 7.32. The number of hydrogen-bond donors (Lipinski definition) is 4. The van der Waals surface area contributed by atoms with Crippen molar-refractivity contribution < 1.29 is 18.7 Å². The summed E-state index contributed by atoms with van der Waals surface area (Å²) in [6, 6.07) is 12.3. The number of primary amides is 1. The summed E-state index contributed by atoms with van der Waals surface area (Å²) in [6.45, 7) is 0. The van der Waals surface area contributed by atoms with Gasteiger partial charge >= 0.3 is 0 Å². The van der Waals surface area contributed by atoms with Gasteiger partial charge in [0.15, 0.2) is 5.82 Å². The van der Waals surface area contributed by atoms with E-state index in [1.807, 2.05) is 0 Å². The van der Waals surface area contributed by atoms with Gasteiger partial charge in [0.25, 0.3) is 5.91 Å². The highest BCUT2D eigenvalue weighted by Crippen LogP contribution is 2.41. The molecule has 33 heavy (non-hydrogen) atoms. The highest BCUT2D eigenvalue weighted by atomic mass is 19.1. The van der Waals surface area contributed by atoms with Crippen LogP contribution >= 0.6 is 0 Å². The van der Waals surface area contributed by atoms with Crippen LogP contribution in [0.25, 0.3) is 33.4 Å². The highest BCUT2D eigenvalue weighted by molar-refractivity contribution is 6.04. The van der Waals surface area contributed by atoms with Gasteiger partial charge in [-0.05, 0) is 12.1 Å². The maximum atomic E-state index is 15.7. The largest absolute Gasteiger partial charge is 0.383 e. The van der Waals surface area contributed by atoms with E-state index in [-0.39, 0.29) is 58.1 Å². The molecule has 1 aliphatic rings. The molecule has 0 bridgehead atoms. The Bertz CT molecular complexity index is 1410. The number of nitrogens with zero attached hydrogens (tertiary/aromatic N) is 3. The Kier molecular flexibility index (Phi) is 4.66. The average Bonchev–Trinajstić information content (AvgIpc) is 3.09. The Labute approximate surface area is 186 Å². The lowest BCUT2D eigenvalue weighted by molar-refractivity contribution is -0.0643. The zero-order valence-electron chi connectivity index (χ0n) is 17.3. The zero-order chi connectivity index (χ0) is 23.5. The molecule has 0 aliphatic heterocycles. The molecule has 0 unspecified atom stereocenters. The van der Waals surface area contributed by atoms with Gasteiger partial charge in [-0.3, -0.25) is 4.79 Å². The molecule has 2 aromatic carbocycles. The SMILES string of the molecule is NC(=O)c1c(-c2ccc3cc(F)c(-c4ccccc4)nc3c2F)nn(C2CC(N)(O)C2)c1N. The van der Waals surface area contributed by atoms with Gasteiger partial charge in [-0.15, -0.1) is 0 Å². The normalized spacial score (nSPS) is 20.1. The molecule has 0 radical (unpaired) electrons. The van der Waals surface area contributed by atoms with Gasteiger partial charge in [-0.25, -0.2) is 18.4 Å². The summed E-state index contributed by atoms with van der Waals surface area (Å²) in [4.78, 5) is 16.4. The number of benzene rings is 2. The molecule has 4 aromatic rings. The molecule has 1 amide bonds. The molecule has 2 aromatic heterocycles. The molecule has 0 atom stereocenters. The van der Waals surface area contributed by atoms with Gasteiger partial charge in [-0.1, -0.05) is 36.4 Å². The molecular formula is C23H20F2N6O2. The number of carbonyl (C=O) groups excluding carboxylic acids is 1. The smallest absolute Gasteiger partial charge is 0.254 e. The molecule has 2 heterocycles. The predicted molar refractivity (Wildman–Crippen MR) is 119 cm³/mol. The van der Waals surface area contributed by atoms with E-state index in [0.29, 0.717) is 5.56 Å². The number of aromatic nitrogens is 3. The second-order valence-electron chi connectivity index (χ2n) is 8.27. The summed E-state index contributed by atoms with van der Waals surface area (Å²) >= 11 is 0. The molecule has 168 valence electrons. The third-order valence-corrected chi connectivity index (χ3v) is 5.90. The fourth-order valence-electron chi connectivity index (χ4n) is 4.25. The van der Waals surface area contributed by atoms with Crippen LogP contribution in [0.15, 0.2) is 48.5 Å². The van der Waals surface area contributed by atoms with Crippen LogP contribution in [0.2, 0.25) is 0 Å². The highest BCUT2D eigenvalue weighted by Gasteiger charge is 2.42. The molecule has 0 spiro atoms. The third kappa shape index (κ3) is 3.40. The van der Waals surface area contributed by atoms with E-state index < -0.39 is 23.3 Å². The minimum Gasteiger partial charge on any atom is -0.383 e. The number of anilines is 1. The van der Waals surface area contributed by atoms with Gasteiger partial charge in [0.1, 0.15) is 39.8 Å². The van der Waals surface area contributed by atoms with Crippen molar-refractivity contribution in [2.24, 2.45) is 11.5 Å². The Morgan fingerprint density at radius 1 is 1.12 bits per heavy atom. The fourth-order valence-corrected chi connectivity index (χ4v) is 4.25. The quantitative estimate of drug-likeness (QED) is 0.352. The Morgan fingerprint density at radius 3 is 2.45 bits per heavy atom. The molecule has 7 N–H and O–H groups in total. The number of pyridine rings is 1. The van der Waals surface area contributed by atoms with E-state index in [1.54, 1.807) is 30.3 Å². The Morgan fingerprint density at radius 2 is 1.82 bits per heavy atom. The van der Waals surface area contributed by atoms with Crippen LogP contribution in [0.4, 0.5) is 14.6 Å². The van der Waals surface area contributed by atoms with Gasteiger partial charge in [0.2, 0.25) is 0 Å². The van der Waals surface area contributed by atoms with Crippen LogP contribution in [0.5, 0.6) is 0 Å². The first-order valence-electron chi connectivity index (χ1n) is 10.2. The van der Waals surface area contributed by atoms with Crippen LogP contribution in [0.1, 0.15) is 29.2 Å². The zero-order valence-corrected chi connectivity index (χ0v) is 17.3. The molecule has 0 saturated heterocycles. The monoisotopic (exact) mass is 450 g/mol. The van der Waals surface area contributed by atoms with Crippen molar-refractivity contribution in [2.45, 2.75) is 24.6 Å². The number of carbonyl (C=O) groups is 1. The van der Waals surface area contributed by atoms with E-state index in [1.165, 1.54) is 22.9 Å². The van der Waals surface area contributed by atoms with Crippen molar-refractivity contribution >= 4 is 22.6 Å². The minimum atomic E-state index is -1.36. The number of halogens is 2. The predicted octanol–water partition coefficient (Wildman–Crippen LogP) is 2.71. The van der Waals surface area contributed by atoms with E-state index in [4.69, 9.17) is 17.2 Å². The van der Waals surface area contributed by atoms with Gasteiger partial charge in [0.05, 0.1) is 6.04 Å². The molecule has 8 nitrogen and oxygen atoms in total.